The predicted molar refractivity (Wildman–Crippen MR) is 92.5 cm³/mol. The Morgan fingerprint density at radius 1 is 1.24 bits per heavy atom. The van der Waals surface area contributed by atoms with Gasteiger partial charge in [-0.15, -0.1) is 0 Å². The Hall–Kier alpha value is -2.08. The Kier molecular flexibility index (Phi) is 5.58. The molecule has 1 aromatic heterocycles. The quantitative estimate of drug-likeness (QED) is 0.520. The number of hydrogen-bond acceptors (Lipinski definition) is 4. The van der Waals surface area contributed by atoms with E-state index in [1.165, 1.54) is 24.7 Å². The molecule has 2 amide bonds. The highest BCUT2D eigenvalue weighted by atomic mass is 16.4. The molecule has 3 rings (SSSR count). The summed E-state index contributed by atoms with van der Waals surface area (Å²) in [4.78, 5) is 23.9. The summed E-state index contributed by atoms with van der Waals surface area (Å²) >= 11 is 0. The number of carbonyl (C=O) groups is 2. The van der Waals surface area contributed by atoms with Crippen LogP contribution < -0.4 is 10.6 Å². The zero-order valence-corrected chi connectivity index (χ0v) is 14.4. The van der Waals surface area contributed by atoms with E-state index in [2.05, 4.69) is 16.7 Å². The average Bonchev–Trinajstić information content (AvgIpc) is 3.35. The summed E-state index contributed by atoms with van der Waals surface area (Å²) in [5, 5.41) is 16.0. The van der Waals surface area contributed by atoms with Crippen molar-refractivity contribution in [3.63, 3.8) is 0 Å². The zero-order chi connectivity index (χ0) is 17.7. The highest BCUT2D eigenvalue weighted by molar-refractivity contribution is 6.35. The molecule has 1 aromatic rings. The van der Waals surface area contributed by atoms with E-state index < -0.39 is 17.4 Å². The molecule has 0 bridgehead atoms. The van der Waals surface area contributed by atoms with Crippen molar-refractivity contribution < 1.29 is 19.1 Å². The van der Waals surface area contributed by atoms with Gasteiger partial charge < -0.3 is 20.2 Å². The van der Waals surface area contributed by atoms with E-state index in [-0.39, 0.29) is 12.5 Å². The Balaban J connectivity index is 1.44. The number of rotatable bonds is 7. The maximum absolute atomic E-state index is 12.0. The normalized spacial score (nSPS) is 19.6. The molecule has 25 heavy (non-hydrogen) atoms. The molecular weight excluding hydrogens is 320 g/mol. The number of allylic oxidation sites excluding steroid dienone is 1. The van der Waals surface area contributed by atoms with Crippen molar-refractivity contribution in [3.8, 4) is 0 Å². The van der Waals surface area contributed by atoms with Gasteiger partial charge in [-0.2, -0.15) is 0 Å². The molecule has 6 nitrogen and oxygen atoms in total. The van der Waals surface area contributed by atoms with Crippen LogP contribution >= 0.6 is 0 Å². The van der Waals surface area contributed by atoms with Gasteiger partial charge >= 0.3 is 11.8 Å². The van der Waals surface area contributed by atoms with Crippen LogP contribution in [0.4, 0.5) is 0 Å². The summed E-state index contributed by atoms with van der Waals surface area (Å²) in [5.74, 6) is -0.891. The van der Waals surface area contributed by atoms with Gasteiger partial charge in [0.05, 0.1) is 12.8 Å². The van der Waals surface area contributed by atoms with E-state index in [0.29, 0.717) is 12.3 Å². The van der Waals surface area contributed by atoms with Crippen LogP contribution in [-0.4, -0.2) is 30.0 Å². The number of amides is 2. The third-order valence-corrected chi connectivity index (χ3v) is 5.04. The minimum Gasteiger partial charge on any atom is -0.466 e. The molecular formula is C19H26N2O4. The molecule has 1 fully saturated rings. The molecule has 1 heterocycles. The number of nitrogens with one attached hydrogen (secondary N) is 2. The average molecular weight is 346 g/mol. The minimum absolute atomic E-state index is 0.0252. The van der Waals surface area contributed by atoms with Crippen LogP contribution in [0.1, 0.15) is 50.7 Å². The summed E-state index contributed by atoms with van der Waals surface area (Å²) in [6, 6.07) is 3.40. The second kappa shape index (κ2) is 7.87. The standard InChI is InChI=1S/C19H26N2O4/c22-17(20-11-10-14-5-2-1-3-6-14)18(23)21-13-19(24,15-8-9-15)16-7-4-12-25-16/h4-5,7,12,15,24H,1-3,6,8-11,13H2,(H,20,22)(H,21,23)/t19-/m0/s1. The van der Waals surface area contributed by atoms with Crippen LogP contribution in [0.2, 0.25) is 0 Å². The summed E-state index contributed by atoms with van der Waals surface area (Å²) < 4.78 is 5.32. The van der Waals surface area contributed by atoms with Crippen LogP contribution in [0, 0.1) is 5.92 Å². The third-order valence-electron chi connectivity index (χ3n) is 5.04. The van der Waals surface area contributed by atoms with Gasteiger partial charge in [0.25, 0.3) is 0 Å². The van der Waals surface area contributed by atoms with Crippen molar-refractivity contribution in [2.45, 2.75) is 50.5 Å². The first-order valence-corrected chi connectivity index (χ1v) is 9.10. The lowest BCUT2D eigenvalue weighted by Crippen LogP contribution is -2.47. The zero-order valence-electron chi connectivity index (χ0n) is 14.4. The van der Waals surface area contributed by atoms with Crippen molar-refractivity contribution >= 4 is 11.8 Å². The Bertz CT molecular complexity index is 634. The lowest BCUT2D eigenvalue weighted by Gasteiger charge is -2.26. The van der Waals surface area contributed by atoms with Gasteiger partial charge in [0, 0.05) is 6.54 Å². The summed E-state index contributed by atoms with van der Waals surface area (Å²) in [5.41, 5.74) is 0.111. The van der Waals surface area contributed by atoms with Gasteiger partial charge in [-0.1, -0.05) is 11.6 Å². The largest absolute Gasteiger partial charge is 0.466 e. The van der Waals surface area contributed by atoms with Crippen molar-refractivity contribution in [1.82, 2.24) is 10.6 Å². The first-order valence-electron chi connectivity index (χ1n) is 9.10. The summed E-state index contributed by atoms with van der Waals surface area (Å²) in [6.07, 6.45) is 10.9. The smallest absolute Gasteiger partial charge is 0.309 e. The lowest BCUT2D eigenvalue weighted by atomic mass is 9.94. The maximum Gasteiger partial charge on any atom is 0.309 e. The molecule has 0 spiro atoms. The first-order chi connectivity index (χ1) is 12.1. The van der Waals surface area contributed by atoms with E-state index in [0.717, 1.165) is 32.1 Å². The van der Waals surface area contributed by atoms with Crippen molar-refractivity contribution in [2.75, 3.05) is 13.1 Å². The molecule has 2 aliphatic carbocycles. The van der Waals surface area contributed by atoms with E-state index in [1.807, 2.05) is 0 Å². The molecule has 0 aliphatic heterocycles. The van der Waals surface area contributed by atoms with Crippen LogP contribution in [0.3, 0.4) is 0 Å². The van der Waals surface area contributed by atoms with Gasteiger partial charge in [0.15, 0.2) is 0 Å². The van der Waals surface area contributed by atoms with Gasteiger partial charge in [0.1, 0.15) is 11.4 Å². The summed E-state index contributed by atoms with van der Waals surface area (Å²) in [7, 11) is 0. The number of carbonyl (C=O) groups excluding carboxylic acids is 2. The number of furan rings is 1. The second-order valence-corrected chi connectivity index (χ2v) is 6.97. The number of hydrogen-bond donors (Lipinski definition) is 3. The van der Waals surface area contributed by atoms with Crippen LogP contribution in [0.5, 0.6) is 0 Å². The third kappa shape index (κ3) is 4.51. The van der Waals surface area contributed by atoms with E-state index in [4.69, 9.17) is 4.42 Å². The van der Waals surface area contributed by atoms with Crippen LogP contribution in [0.25, 0.3) is 0 Å². The maximum atomic E-state index is 12.0. The van der Waals surface area contributed by atoms with Crippen LogP contribution in [0.15, 0.2) is 34.5 Å². The molecule has 2 aliphatic rings. The molecule has 0 aromatic carbocycles. The van der Waals surface area contributed by atoms with Gasteiger partial charge in [0.2, 0.25) is 0 Å². The first kappa shape index (κ1) is 17.7. The topological polar surface area (TPSA) is 91.6 Å². The lowest BCUT2D eigenvalue weighted by molar-refractivity contribution is -0.140. The van der Waals surface area contributed by atoms with Crippen molar-refractivity contribution in [2.24, 2.45) is 5.92 Å². The fraction of sp³-hybridized carbons (Fsp3) is 0.579. The Labute approximate surface area is 147 Å². The van der Waals surface area contributed by atoms with E-state index in [9.17, 15) is 14.7 Å². The summed E-state index contributed by atoms with van der Waals surface area (Å²) in [6.45, 7) is 0.436. The molecule has 0 radical (unpaired) electrons. The van der Waals surface area contributed by atoms with Gasteiger partial charge in [-0.3, -0.25) is 9.59 Å². The van der Waals surface area contributed by atoms with E-state index >= 15 is 0 Å². The monoisotopic (exact) mass is 346 g/mol. The molecule has 0 saturated heterocycles. The molecule has 3 N–H and O–H groups in total. The number of aliphatic hydroxyl groups is 1. The Morgan fingerprint density at radius 3 is 2.68 bits per heavy atom. The second-order valence-electron chi connectivity index (χ2n) is 6.97. The SMILES string of the molecule is O=C(NCCC1=CCCCC1)C(=O)NC[C@@](O)(c1ccco1)C1CC1. The molecule has 0 unspecified atom stereocenters. The van der Waals surface area contributed by atoms with Gasteiger partial charge in [-0.05, 0) is 63.0 Å². The minimum atomic E-state index is -1.24. The Morgan fingerprint density at radius 2 is 2.04 bits per heavy atom. The predicted octanol–water partition coefficient (Wildman–Crippen LogP) is 2.00. The fourth-order valence-corrected chi connectivity index (χ4v) is 3.36. The molecule has 1 atom stereocenters. The fourth-order valence-electron chi connectivity index (χ4n) is 3.36. The highest BCUT2D eigenvalue weighted by Crippen LogP contribution is 2.45. The van der Waals surface area contributed by atoms with Crippen LogP contribution in [-0.2, 0) is 15.2 Å². The van der Waals surface area contributed by atoms with Gasteiger partial charge in [-0.25, -0.2) is 0 Å². The van der Waals surface area contributed by atoms with E-state index in [1.54, 1.807) is 12.1 Å². The highest BCUT2D eigenvalue weighted by Gasteiger charge is 2.47. The molecule has 136 valence electrons. The van der Waals surface area contributed by atoms with Crippen molar-refractivity contribution in [3.05, 3.63) is 35.8 Å². The molecule has 6 heteroatoms. The van der Waals surface area contributed by atoms with Crippen molar-refractivity contribution in [1.29, 1.82) is 0 Å². The molecule has 1 saturated carbocycles.